The Labute approximate surface area is 153 Å². The van der Waals surface area contributed by atoms with E-state index in [1.807, 2.05) is 42.5 Å². The van der Waals surface area contributed by atoms with E-state index in [2.05, 4.69) is 11.0 Å². The third kappa shape index (κ3) is 4.95. The van der Waals surface area contributed by atoms with Crippen LogP contribution in [0.3, 0.4) is 0 Å². The highest BCUT2D eigenvalue weighted by Crippen LogP contribution is 2.24. The third-order valence-electron chi connectivity index (χ3n) is 4.71. The van der Waals surface area contributed by atoms with E-state index in [1.165, 1.54) is 0 Å². The minimum Gasteiger partial charge on any atom is -0.489 e. The molecule has 1 aliphatic rings. The Morgan fingerprint density at radius 3 is 2.60 bits per heavy atom. The lowest BCUT2D eigenvalue weighted by Crippen LogP contribution is -2.44. The number of likely N-dealkylation sites (tertiary alicyclic amines) is 1. The topological polar surface area (TPSA) is 52.9 Å². The van der Waals surface area contributed by atoms with Crippen molar-refractivity contribution in [2.45, 2.75) is 25.7 Å². The van der Waals surface area contributed by atoms with Crippen molar-refractivity contribution in [1.82, 2.24) is 4.90 Å². The average Bonchev–Trinajstić information content (AvgIpc) is 2.62. The van der Waals surface area contributed by atoms with Crippen molar-refractivity contribution in [2.75, 3.05) is 19.7 Å². The van der Waals surface area contributed by atoms with E-state index < -0.39 is 6.10 Å². The summed E-state index contributed by atoms with van der Waals surface area (Å²) in [6, 6.07) is 15.6. The van der Waals surface area contributed by atoms with Crippen molar-refractivity contribution in [3.05, 3.63) is 64.7 Å². The van der Waals surface area contributed by atoms with Crippen LogP contribution >= 0.6 is 11.6 Å². The number of hydrogen-bond donors (Lipinski definition) is 2. The van der Waals surface area contributed by atoms with Gasteiger partial charge < -0.3 is 14.9 Å². The molecule has 0 radical (unpaired) electrons. The van der Waals surface area contributed by atoms with E-state index in [1.54, 1.807) is 0 Å². The second-order valence-corrected chi connectivity index (χ2v) is 6.99. The zero-order chi connectivity index (χ0) is 17.6. The third-order valence-corrected chi connectivity index (χ3v) is 4.97. The summed E-state index contributed by atoms with van der Waals surface area (Å²) < 4.78 is 6.00. The maximum absolute atomic E-state index is 10.1. The van der Waals surface area contributed by atoms with Crippen molar-refractivity contribution >= 4 is 11.6 Å². The average molecular weight is 362 g/mol. The predicted molar refractivity (Wildman–Crippen MR) is 98.7 cm³/mol. The van der Waals surface area contributed by atoms with Crippen LogP contribution in [0.5, 0.6) is 5.75 Å². The van der Waals surface area contributed by atoms with Gasteiger partial charge in [-0.05, 0) is 36.7 Å². The Bertz CT molecular complexity index is 677. The zero-order valence-electron chi connectivity index (χ0n) is 14.1. The van der Waals surface area contributed by atoms with Gasteiger partial charge in [0.25, 0.3) is 0 Å². The Morgan fingerprint density at radius 1 is 1.12 bits per heavy atom. The lowest BCUT2D eigenvalue weighted by atomic mass is 9.94. The SMILES string of the molecule is OC[C@H]1CCN(Cc2ccccc2OCc2ccc(Cl)cc2)C[C@H]1O. The Morgan fingerprint density at radius 2 is 1.88 bits per heavy atom. The van der Waals surface area contributed by atoms with E-state index in [4.69, 9.17) is 16.3 Å². The first-order valence-corrected chi connectivity index (χ1v) is 9.00. The van der Waals surface area contributed by atoms with Gasteiger partial charge in [-0.2, -0.15) is 0 Å². The molecule has 1 aliphatic heterocycles. The van der Waals surface area contributed by atoms with E-state index >= 15 is 0 Å². The first-order chi connectivity index (χ1) is 12.2. The highest BCUT2D eigenvalue weighted by Gasteiger charge is 2.27. The molecule has 2 aromatic rings. The number of halogens is 1. The summed E-state index contributed by atoms with van der Waals surface area (Å²) in [5.41, 5.74) is 2.17. The van der Waals surface area contributed by atoms with Crippen LogP contribution in [0.2, 0.25) is 5.02 Å². The first-order valence-electron chi connectivity index (χ1n) is 8.62. The van der Waals surface area contributed by atoms with Gasteiger partial charge in [-0.1, -0.05) is 41.9 Å². The number of para-hydroxylation sites is 1. The number of rotatable bonds is 6. The quantitative estimate of drug-likeness (QED) is 0.830. The molecule has 3 rings (SSSR count). The monoisotopic (exact) mass is 361 g/mol. The Kier molecular flexibility index (Phi) is 6.32. The van der Waals surface area contributed by atoms with Gasteiger partial charge in [0.05, 0.1) is 6.10 Å². The number of ether oxygens (including phenoxy) is 1. The summed E-state index contributed by atoms with van der Waals surface area (Å²) in [7, 11) is 0. The fourth-order valence-corrected chi connectivity index (χ4v) is 3.29. The van der Waals surface area contributed by atoms with Crippen LogP contribution in [-0.2, 0) is 13.2 Å². The molecule has 1 saturated heterocycles. The zero-order valence-corrected chi connectivity index (χ0v) is 14.9. The van der Waals surface area contributed by atoms with Gasteiger partial charge in [-0.3, -0.25) is 4.90 Å². The number of piperidine rings is 1. The summed E-state index contributed by atoms with van der Waals surface area (Å²) in [5.74, 6) is 0.851. The van der Waals surface area contributed by atoms with E-state index in [9.17, 15) is 10.2 Å². The highest BCUT2D eigenvalue weighted by atomic mass is 35.5. The molecule has 0 saturated carbocycles. The second-order valence-electron chi connectivity index (χ2n) is 6.56. The molecule has 2 N–H and O–H groups in total. The number of aliphatic hydroxyl groups excluding tert-OH is 2. The normalized spacial score (nSPS) is 21.2. The molecule has 0 unspecified atom stereocenters. The molecule has 2 aromatic carbocycles. The lowest BCUT2D eigenvalue weighted by molar-refractivity contribution is -0.00468. The molecule has 1 fully saturated rings. The van der Waals surface area contributed by atoms with Crippen LogP contribution in [0.4, 0.5) is 0 Å². The molecule has 0 bridgehead atoms. The summed E-state index contributed by atoms with van der Waals surface area (Å²) in [4.78, 5) is 2.21. The van der Waals surface area contributed by atoms with Gasteiger partial charge in [0, 0.05) is 36.2 Å². The van der Waals surface area contributed by atoms with Crippen molar-refractivity contribution in [2.24, 2.45) is 5.92 Å². The van der Waals surface area contributed by atoms with Gasteiger partial charge in [0.2, 0.25) is 0 Å². The van der Waals surface area contributed by atoms with Gasteiger partial charge in [0.1, 0.15) is 12.4 Å². The Hall–Kier alpha value is -1.59. The van der Waals surface area contributed by atoms with E-state index in [0.29, 0.717) is 18.2 Å². The minimum absolute atomic E-state index is 0.00681. The largest absolute Gasteiger partial charge is 0.489 e. The molecule has 0 amide bonds. The van der Waals surface area contributed by atoms with Crippen LogP contribution < -0.4 is 4.74 Å². The van der Waals surface area contributed by atoms with Crippen LogP contribution in [-0.4, -0.2) is 40.9 Å². The van der Waals surface area contributed by atoms with Crippen molar-refractivity contribution in [3.63, 3.8) is 0 Å². The molecule has 2 atom stereocenters. The summed E-state index contributed by atoms with van der Waals surface area (Å²) >= 11 is 5.91. The maximum Gasteiger partial charge on any atom is 0.124 e. The van der Waals surface area contributed by atoms with Crippen LogP contribution in [0.15, 0.2) is 48.5 Å². The smallest absolute Gasteiger partial charge is 0.124 e. The summed E-state index contributed by atoms with van der Waals surface area (Å²) in [5, 5.41) is 20.1. The summed E-state index contributed by atoms with van der Waals surface area (Å²) in [6.07, 6.45) is 0.340. The number of hydrogen-bond acceptors (Lipinski definition) is 4. The number of aliphatic hydroxyl groups is 2. The molecule has 4 nitrogen and oxygen atoms in total. The molecule has 1 heterocycles. The number of benzene rings is 2. The van der Waals surface area contributed by atoms with E-state index in [-0.39, 0.29) is 12.5 Å². The van der Waals surface area contributed by atoms with Crippen LogP contribution in [0, 0.1) is 5.92 Å². The molecular formula is C20H24ClNO3. The van der Waals surface area contributed by atoms with Crippen molar-refractivity contribution in [3.8, 4) is 5.75 Å². The van der Waals surface area contributed by atoms with Crippen molar-refractivity contribution in [1.29, 1.82) is 0 Å². The predicted octanol–water partition coefficient (Wildman–Crippen LogP) is 3.09. The molecule has 5 heteroatoms. The summed E-state index contributed by atoms with van der Waals surface area (Å²) in [6.45, 7) is 2.72. The molecule has 0 spiro atoms. The van der Waals surface area contributed by atoms with Crippen LogP contribution in [0.1, 0.15) is 17.5 Å². The van der Waals surface area contributed by atoms with Crippen molar-refractivity contribution < 1.29 is 14.9 Å². The van der Waals surface area contributed by atoms with E-state index in [0.717, 1.165) is 36.4 Å². The minimum atomic E-state index is -0.471. The highest BCUT2D eigenvalue weighted by molar-refractivity contribution is 6.30. The second kappa shape index (κ2) is 8.68. The van der Waals surface area contributed by atoms with Gasteiger partial charge in [-0.15, -0.1) is 0 Å². The standard InChI is InChI=1S/C20H24ClNO3/c21-18-7-5-15(6-8-18)14-25-20-4-2-1-3-16(20)11-22-10-9-17(13-23)19(24)12-22/h1-8,17,19,23-24H,9-14H2/t17-,19-/m1/s1. The number of β-amino-alcohol motifs (C(OH)–C–C–N with tert-alkyl or cyclic N) is 1. The lowest BCUT2D eigenvalue weighted by Gasteiger charge is -2.35. The van der Waals surface area contributed by atoms with Gasteiger partial charge in [-0.25, -0.2) is 0 Å². The maximum atomic E-state index is 10.1. The molecule has 134 valence electrons. The fourth-order valence-electron chi connectivity index (χ4n) is 3.16. The van der Waals surface area contributed by atoms with Gasteiger partial charge >= 0.3 is 0 Å². The molecular weight excluding hydrogens is 338 g/mol. The fraction of sp³-hybridized carbons (Fsp3) is 0.400. The molecule has 25 heavy (non-hydrogen) atoms. The first kappa shape index (κ1) is 18.2. The Balaban J connectivity index is 1.62. The molecule has 0 aromatic heterocycles. The molecule has 0 aliphatic carbocycles. The number of nitrogens with zero attached hydrogens (tertiary/aromatic N) is 1. The van der Waals surface area contributed by atoms with Gasteiger partial charge in [0.15, 0.2) is 0 Å². The van der Waals surface area contributed by atoms with Crippen LogP contribution in [0.25, 0.3) is 0 Å².